The quantitative estimate of drug-likeness (QED) is 0.850. The van der Waals surface area contributed by atoms with Crippen molar-refractivity contribution in [2.75, 3.05) is 38.5 Å². The van der Waals surface area contributed by atoms with Crippen LogP contribution in [-0.2, 0) is 0 Å². The van der Waals surface area contributed by atoms with E-state index in [2.05, 4.69) is 50.8 Å². The van der Waals surface area contributed by atoms with Gasteiger partial charge in [-0.2, -0.15) is 0 Å². The molecule has 0 spiro atoms. The van der Waals surface area contributed by atoms with Gasteiger partial charge in [-0.15, -0.1) is 0 Å². The second kappa shape index (κ2) is 8.62. The highest BCUT2D eigenvalue weighted by Gasteiger charge is 2.20. The highest BCUT2D eigenvalue weighted by atomic mass is 16.1. The first-order chi connectivity index (χ1) is 12.3. The molecule has 132 valence electrons. The van der Waals surface area contributed by atoms with Crippen LogP contribution in [0.15, 0.2) is 48.7 Å². The van der Waals surface area contributed by atoms with Crippen molar-refractivity contribution in [1.29, 1.82) is 0 Å². The van der Waals surface area contributed by atoms with Crippen LogP contribution in [0.25, 0.3) is 0 Å². The average molecular weight is 338 g/mol. The number of nitrogens with one attached hydrogen (secondary N) is 2. The normalized spacial score (nSPS) is 17.9. The summed E-state index contributed by atoms with van der Waals surface area (Å²) in [4.78, 5) is 18.8. The molecule has 0 radical (unpaired) electrons. The molecule has 0 unspecified atom stereocenters. The van der Waals surface area contributed by atoms with E-state index in [4.69, 9.17) is 0 Å². The van der Waals surface area contributed by atoms with E-state index in [0.29, 0.717) is 23.8 Å². The van der Waals surface area contributed by atoms with Crippen LogP contribution in [-0.4, -0.2) is 49.0 Å². The number of aromatic nitrogens is 1. The van der Waals surface area contributed by atoms with Crippen LogP contribution in [0.2, 0.25) is 0 Å². The van der Waals surface area contributed by atoms with Crippen LogP contribution < -0.4 is 10.6 Å². The third-order valence-electron chi connectivity index (χ3n) is 4.77. The predicted octanol–water partition coefficient (Wildman–Crippen LogP) is 2.73. The zero-order valence-electron chi connectivity index (χ0n) is 14.7. The van der Waals surface area contributed by atoms with Crippen LogP contribution in [0.1, 0.15) is 34.7 Å². The minimum Gasteiger partial charge on any atom is -0.373 e. The molecule has 1 aliphatic heterocycles. The second-order valence-corrected chi connectivity index (χ2v) is 6.49. The molecular weight excluding hydrogens is 312 g/mol. The number of anilines is 1. The molecule has 1 saturated heterocycles. The first-order valence-corrected chi connectivity index (χ1v) is 8.95. The average Bonchev–Trinajstić information content (AvgIpc) is 2.69. The van der Waals surface area contributed by atoms with E-state index in [1.54, 1.807) is 25.4 Å². The molecule has 2 N–H and O–H groups in total. The van der Waals surface area contributed by atoms with Crippen LogP contribution in [0, 0.1) is 0 Å². The summed E-state index contributed by atoms with van der Waals surface area (Å²) < 4.78 is 0. The molecule has 5 heteroatoms. The zero-order chi connectivity index (χ0) is 17.5. The summed E-state index contributed by atoms with van der Waals surface area (Å²) in [5, 5.41) is 5.97. The molecule has 0 aliphatic carbocycles. The first-order valence-electron chi connectivity index (χ1n) is 8.95. The Bertz CT molecular complexity index is 689. The summed E-state index contributed by atoms with van der Waals surface area (Å²) in [6, 6.07) is 14.2. The third kappa shape index (κ3) is 4.79. The molecule has 0 bridgehead atoms. The number of benzene rings is 1. The zero-order valence-corrected chi connectivity index (χ0v) is 14.7. The minimum atomic E-state index is -0.0458. The molecule has 25 heavy (non-hydrogen) atoms. The van der Waals surface area contributed by atoms with Crippen molar-refractivity contribution < 1.29 is 4.79 Å². The van der Waals surface area contributed by atoms with Crippen LogP contribution in [0.5, 0.6) is 0 Å². The van der Waals surface area contributed by atoms with E-state index in [0.717, 1.165) is 19.6 Å². The molecule has 1 aromatic heterocycles. The lowest BCUT2D eigenvalue weighted by molar-refractivity contribution is 0.0945. The third-order valence-corrected chi connectivity index (χ3v) is 4.77. The van der Waals surface area contributed by atoms with Crippen LogP contribution in [0.3, 0.4) is 0 Å². The lowest BCUT2D eigenvalue weighted by atomic mass is 9.91. The summed E-state index contributed by atoms with van der Waals surface area (Å²) in [5.41, 5.74) is 2.06. The van der Waals surface area contributed by atoms with Gasteiger partial charge in [-0.3, -0.25) is 4.79 Å². The van der Waals surface area contributed by atoms with Gasteiger partial charge in [0.15, 0.2) is 0 Å². The Kier molecular flexibility index (Phi) is 6.01. The van der Waals surface area contributed by atoms with Crippen molar-refractivity contribution in [3.63, 3.8) is 0 Å². The molecule has 0 saturated carbocycles. The van der Waals surface area contributed by atoms with Gasteiger partial charge in [0, 0.05) is 38.4 Å². The Balaban J connectivity index is 1.47. The van der Waals surface area contributed by atoms with Crippen LogP contribution in [0.4, 0.5) is 5.82 Å². The Hall–Kier alpha value is -2.40. The number of hydrogen-bond donors (Lipinski definition) is 2. The van der Waals surface area contributed by atoms with Gasteiger partial charge < -0.3 is 15.5 Å². The molecular formula is C20H26N4O. The number of piperidine rings is 1. The Labute approximate surface area is 149 Å². The highest BCUT2D eigenvalue weighted by molar-refractivity contribution is 5.94. The molecule has 1 aromatic carbocycles. The fourth-order valence-electron chi connectivity index (χ4n) is 3.39. The number of rotatable bonds is 6. The standard InChI is InChI=1S/C20H26N4O/c1-21-19-14-17(9-10-22-19)20(25)23-11-13-24-12-5-8-18(15-24)16-6-3-2-4-7-16/h2-4,6-7,9-10,14,18H,5,8,11-13,15H2,1H3,(H,21,22)(H,23,25)/t18-/m1/s1. The number of pyridine rings is 1. The lowest BCUT2D eigenvalue weighted by Crippen LogP contribution is -2.40. The van der Waals surface area contributed by atoms with E-state index in [1.807, 2.05) is 0 Å². The monoisotopic (exact) mass is 338 g/mol. The van der Waals surface area contributed by atoms with Gasteiger partial charge in [-0.25, -0.2) is 4.98 Å². The van der Waals surface area contributed by atoms with Crippen LogP contribution >= 0.6 is 0 Å². The molecule has 2 aromatic rings. The largest absolute Gasteiger partial charge is 0.373 e. The van der Waals surface area contributed by atoms with Gasteiger partial charge in [0.2, 0.25) is 0 Å². The lowest BCUT2D eigenvalue weighted by Gasteiger charge is -2.33. The van der Waals surface area contributed by atoms with Crippen molar-refractivity contribution in [1.82, 2.24) is 15.2 Å². The van der Waals surface area contributed by atoms with Gasteiger partial charge in [-0.05, 0) is 43.0 Å². The van der Waals surface area contributed by atoms with E-state index in [1.165, 1.54) is 18.4 Å². The predicted molar refractivity (Wildman–Crippen MR) is 101 cm³/mol. The van der Waals surface area contributed by atoms with Gasteiger partial charge >= 0.3 is 0 Å². The molecule has 1 amide bonds. The van der Waals surface area contributed by atoms with E-state index >= 15 is 0 Å². The number of carbonyl (C=O) groups excluding carboxylic acids is 1. The Morgan fingerprint density at radius 1 is 1.28 bits per heavy atom. The minimum absolute atomic E-state index is 0.0458. The van der Waals surface area contributed by atoms with Gasteiger partial charge in [-0.1, -0.05) is 30.3 Å². The number of hydrogen-bond acceptors (Lipinski definition) is 4. The summed E-state index contributed by atoms with van der Waals surface area (Å²) in [6.45, 7) is 3.73. The summed E-state index contributed by atoms with van der Waals surface area (Å²) >= 11 is 0. The molecule has 1 atom stereocenters. The number of likely N-dealkylation sites (tertiary alicyclic amines) is 1. The molecule has 3 rings (SSSR count). The maximum absolute atomic E-state index is 12.3. The first kappa shape index (κ1) is 17.4. The SMILES string of the molecule is CNc1cc(C(=O)NCCN2CCC[C@@H](c3ccccc3)C2)ccn1. The number of carbonyl (C=O) groups is 1. The topological polar surface area (TPSA) is 57.3 Å². The van der Waals surface area contributed by atoms with Gasteiger partial charge in [0.25, 0.3) is 5.91 Å². The maximum atomic E-state index is 12.3. The molecule has 5 nitrogen and oxygen atoms in total. The van der Waals surface area contributed by atoms with Gasteiger partial charge in [0.05, 0.1) is 0 Å². The molecule has 1 aliphatic rings. The van der Waals surface area contributed by atoms with E-state index in [9.17, 15) is 4.79 Å². The summed E-state index contributed by atoms with van der Waals surface area (Å²) in [7, 11) is 1.80. The van der Waals surface area contributed by atoms with E-state index < -0.39 is 0 Å². The van der Waals surface area contributed by atoms with Crippen molar-refractivity contribution in [2.24, 2.45) is 0 Å². The number of amides is 1. The molecule has 1 fully saturated rings. The fraction of sp³-hybridized carbons (Fsp3) is 0.400. The maximum Gasteiger partial charge on any atom is 0.251 e. The van der Waals surface area contributed by atoms with Crippen molar-refractivity contribution in [2.45, 2.75) is 18.8 Å². The second-order valence-electron chi connectivity index (χ2n) is 6.49. The van der Waals surface area contributed by atoms with E-state index in [-0.39, 0.29) is 5.91 Å². The summed E-state index contributed by atoms with van der Waals surface area (Å²) in [6.07, 6.45) is 4.11. The highest BCUT2D eigenvalue weighted by Crippen LogP contribution is 2.26. The van der Waals surface area contributed by atoms with Crippen molar-refractivity contribution in [3.8, 4) is 0 Å². The van der Waals surface area contributed by atoms with Crippen molar-refractivity contribution in [3.05, 3.63) is 59.8 Å². The summed E-state index contributed by atoms with van der Waals surface area (Å²) in [5.74, 6) is 1.26. The number of nitrogens with zero attached hydrogens (tertiary/aromatic N) is 2. The molecule has 2 heterocycles. The van der Waals surface area contributed by atoms with Gasteiger partial charge in [0.1, 0.15) is 5.82 Å². The fourth-order valence-corrected chi connectivity index (χ4v) is 3.39. The smallest absolute Gasteiger partial charge is 0.251 e. The Morgan fingerprint density at radius 3 is 2.92 bits per heavy atom. The van der Waals surface area contributed by atoms with Crippen molar-refractivity contribution >= 4 is 11.7 Å². The Morgan fingerprint density at radius 2 is 2.12 bits per heavy atom.